The van der Waals surface area contributed by atoms with Crippen LogP contribution in [0.1, 0.15) is 43.4 Å². The Bertz CT molecular complexity index is 517. The first-order valence-electron chi connectivity index (χ1n) is 8.56. The standard InChI is InChI=1S/C18H27N3O/c1-14-13-19-10-12-21(14)11-9-18(22)20-17-8-4-6-15-5-2-3-7-16(15)17/h2-3,5,7,14,17,19H,4,6,8-13H2,1H3,(H,20,22)/t14-,17?/m1/s1. The first-order valence-corrected chi connectivity index (χ1v) is 8.56. The van der Waals surface area contributed by atoms with Crippen molar-refractivity contribution in [1.82, 2.24) is 15.5 Å². The minimum atomic E-state index is 0.187. The van der Waals surface area contributed by atoms with Crippen molar-refractivity contribution in [3.8, 4) is 0 Å². The van der Waals surface area contributed by atoms with Crippen LogP contribution in [-0.2, 0) is 11.2 Å². The summed E-state index contributed by atoms with van der Waals surface area (Å²) < 4.78 is 0. The maximum atomic E-state index is 12.3. The lowest BCUT2D eigenvalue weighted by molar-refractivity contribution is -0.122. The van der Waals surface area contributed by atoms with E-state index in [0.717, 1.165) is 45.4 Å². The van der Waals surface area contributed by atoms with Crippen molar-refractivity contribution in [2.45, 2.75) is 44.7 Å². The average molecular weight is 301 g/mol. The fourth-order valence-electron chi connectivity index (χ4n) is 3.63. The van der Waals surface area contributed by atoms with Crippen molar-refractivity contribution >= 4 is 5.91 Å². The molecule has 1 fully saturated rings. The van der Waals surface area contributed by atoms with Gasteiger partial charge in [0.1, 0.15) is 0 Å². The van der Waals surface area contributed by atoms with Crippen LogP contribution in [0, 0.1) is 0 Å². The molecule has 0 aromatic heterocycles. The monoisotopic (exact) mass is 301 g/mol. The quantitative estimate of drug-likeness (QED) is 0.892. The third-order valence-electron chi connectivity index (χ3n) is 4.97. The van der Waals surface area contributed by atoms with E-state index in [1.807, 2.05) is 0 Å². The molecule has 0 bridgehead atoms. The van der Waals surface area contributed by atoms with Gasteiger partial charge in [-0.2, -0.15) is 0 Å². The minimum Gasteiger partial charge on any atom is -0.349 e. The lowest BCUT2D eigenvalue weighted by Gasteiger charge is -2.34. The molecular formula is C18H27N3O. The molecule has 22 heavy (non-hydrogen) atoms. The predicted molar refractivity (Wildman–Crippen MR) is 88.8 cm³/mol. The van der Waals surface area contributed by atoms with Crippen LogP contribution in [0.15, 0.2) is 24.3 Å². The van der Waals surface area contributed by atoms with Gasteiger partial charge in [0, 0.05) is 38.6 Å². The van der Waals surface area contributed by atoms with Gasteiger partial charge in [0.2, 0.25) is 5.91 Å². The number of hydrogen-bond donors (Lipinski definition) is 2. The zero-order chi connectivity index (χ0) is 15.4. The summed E-state index contributed by atoms with van der Waals surface area (Å²) in [6.45, 7) is 6.19. The zero-order valence-electron chi connectivity index (χ0n) is 13.5. The molecule has 1 aromatic carbocycles. The third kappa shape index (κ3) is 3.68. The van der Waals surface area contributed by atoms with E-state index in [4.69, 9.17) is 0 Å². The topological polar surface area (TPSA) is 44.4 Å². The van der Waals surface area contributed by atoms with Gasteiger partial charge in [0.05, 0.1) is 6.04 Å². The predicted octanol–water partition coefficient (Wildman–Crippen LogP) is 1.86. The summed E-state index contributed by atoms with van der Waals surface area (Å²) in [4.78, 5) is 14.7. The maximum Gasteiger partial charge on any atom is 0.221 e. The summed E-state index contributed by atoms with van der Waals surface area (Å²) in [7, 11) is 0. The Morgan fingerprint density at radius 2 is 2.27 bits per heavy atom. The molecule has 0 radical (unpaired) electrons. The lowest BCUT2D eigenvalue weighted by atomic mass is 9.87. The van der Waals surface area contributed by atoms with Crippen molar-refractivity contribution in [3.05, 3.63) is 35.4 Å². The molecule has 2 aliphatic rings. The number of carbonyl (C=O) groups is 1. The van der Waals surface area contributed by atoms with Crippen LogP contribution in [0.25, 0.3) is 0 Å². The molecule has 1 amide bonds. The average Bonchev–Trinajstić information content (AvgIpc) is 2.54. The summed E-state index contributed by atoms with van der Waals surface area (Å²) in [5, 5.41) is 6.63. The molecule has 0 spiro atoms. The SMILES string of the molecule is C[C@@H]1CNCCN1CCC(=O)NC1CCCc2ccccc21. The second kappa shape index (κ2) is 7.25. The van der Waals surface area contributed by atoms with Crippen LogP contribution in [0.5, 0.6) is 0 Å². The Kier molecular flexibility index (Phi) is 5.11. The number of fused-ring (bicyclic) bond motifs is 1. The summed E-state index contributed by atoms with van der Waals surface area (Å²) in [5.74, 6) is 0.187. The normalized spacial score (nSPS) is 25.5. The molecule has 2 atom stereocenters. The maximum absolute atomic E-state index is 12.3. The van der Waals surface area contributed by atoms with Gasteiger partial charge in [-0.25, -0.2) is 0 Å². The molecule has 4 nitrogen and oxygen atoms in total. The van der Waals surface area contributed by atoms with Gasteiger partial charge in [-0.1, -0.05) is 24.3 Å². The second-order valence-electron chi connectivity index (χ2n) is 6.55. The largest absolute Gasteiger partial charge is 0.349 e. The van der Waals surface area contributed by atoms with E-state index in [-0.39, 0.29) is 11.9 Å². The first-order chi connectivity index (χ1) is 10.7. The fourth-order valence-corrected chi connectivity index (χ4v) is 3.63. The number of carbonyl (C=O) groups excluding carboxylic acids is 1. The molecule has 0 saturated carbocycles. The van der Waals surface area contributed by atoms with E-state index in [1.165, 1.54) is 11.1 Å². The number of nitrogens with zero attached hydrogens (tertiary/aromatic N) is 1. The van der Waals surface area contributed by atoms with Crippen LogP contribution < -0.4 is 10.6 Å². The molecule has 2 N–H and O–H groups in total. The van der Waals surface area contributed by atoms with Crippen LogP contribution in [0.4, 0.5) is 0 Å². The zero-order valence-corrected chi connectivity index (χ0v) is 13.5. The molecule has 1 aliphatic carbocycles. The molecule has 1 heterocycles. The summed E-state index contributed by atoms with van der Waals surface area (Å²) >= 11 is 0. The van der Waals surface area contributed by atoms with Crippen molar-refractivity contribution < 1.29 is 4.79 Å². The van der Waals surface area contributed by atoms with Crippen molar-refractivity contribution in [1.29, 1.82) is 0 Å². The highest BCUT2D eigenvalue weighted by Crippen LogP contribution is 2.29. The molecule has 1 saturated heterocycles. The Morgan fingerprint density at radius 3 is 3.14 bits per heavy atom. The third-order valence-corrected chi connectivity index (χ3v) is 4.97. The van der Waals surface area contributed by atoms with Gasteiger partial charge in [-0.3, -0.25) is 9.69 Å². The van der Waals surface area contributed by atoms with E-state index in [0.29, 0.717) is 12.5 Å². The Hall–Kier alpha value is -1.39. The second-order valence-corrected chi connectivity index (χ2v) is 6.55. The molecule has 4 heteroatoms. The Morgan fingerprint density at radius 1 is 1.41 bits per heavy atom. The number of rotatable bonds is 4. The van der Waals surface area contributed by atoms with Crippen LogP contribution in [-0.4, -0.2) is 43.0 Å². The van der Waals surface area contributed by atoms with E-state index in [1.54, 1.807) is 0 Å². The van der Waals surface area contributed by atoms with E-state index in [9.17, 15) is 4.79 Å². The summed E-state index contributed by atoms with van der Waals surface area (Å²) in [6.07, 6.45) is 3.97. The summed E-state index contributed by atoms with van der Waals surface area (Å²) in [6, 6.07) is 9.25. The van der Waals surface area contributed by atoms with E-state index < -0.39 is 0 Å². The van der Waals surface area contributed by atoms with E-state index in [2.05, 4.69) is 46.7 Å². The lowest BCUT2D eigenvalue weighted by Crippen LogP contribution is -2.50. The minimum absolute atomic E-state index is 0.187. The van der Waals surface area contributed by atoms with Crippen molar-refractivity contribution in [3.63, 3.8) is 0 Å². The Balaban J connectivity index is 1.52. The number of amides is 1. The van der Waals surface area contributed by atoms with E-state index >= 15 is 0 Å². The number of piperazine rings is 1. The van der Waals surface area contributed by atoms with Gasteiger partial charge < -0.3 is 10.6 Å². The van der Waals surface area contributed by atoms with Crippen molar-refractivity contribution in [2.75, 3.05) is 26.2 Å². The molecule has 3 rings (SSSR count). The molecule has 1 aliphatic heterocycles. The van der Waals surface area contributed by atoms with Crippen molar-refractivity contribution in [2.24, 2.45) is 0 Å². The first kappa shape index (κ1) is 15.5. The van der Waals surface area contributed by atoms with Gasteiger partial charge in [-0.15, -0.1) is 0 Å². The van der Waals surface area contributed by atoms with Crippen LogP contribution in [0.3, 0.4) is 0 Å². The van der Waals surface area contributed by atoms with Gasteiger partial charge in [0.25, 0.3) is 0 Å². The van der Waals surface area contributed by atoms with Crippen LogP contribution in [0.2, 0.25) is 0 Å². The molecule has 1 aromatic rings. The van der Waals surface area contributed by atoms with Gasteiger partial charge >= 0.3 is 0 Å². The smallest absolute Gasteiger partial charge is 0.221 e. The number of hydrogen-bond acceptors (Lipinski definition) is 3. The van der Waals surface area contributed by atoms with Gasteiger partial charge in [-0.05, 0) is 37.3 Å². The van der Waals surface area contributed by atoms with Gasteiger partial charge in [0.15, 0.2) is 0 Å². The van der Waals surface area contributed by atoms with Crippen LogP contribution >= 0.6 is 0 Å². The highest BCUT2D eigenvalue weighted by Gasteiger charge is 2.22. The molecular weight excluding hydrogens is 274 g/mol. The molecule has 120 valence electrons. The fraction of sp³-hybridized carbons (Fsp3) is 0.611. The number of aryl methyl sites for hydroxylation is 1. The highest BCUT2D eigenvalue weighted by molar-refractivity contribution is 5.76. The molecule has 1 unspecified atom stereocenters. The highest BCUT2D eigenvalue weighted by atomic mass is 16.1. The summed E-state index contributed by atoms with van der Waals surface area (Å²) in [5.41, 5.74) is 2.72. The Labute approximate surface area is 133 Å². The number of benzene rings is 1. The number of nitrogens with one attached hydrogen (secondary N) is 2.